The topological polar surface area (TPSA) is 159 Å². The lowest BCUT2D eigenvalue weighted by molar-refractivity contribution is -0.402. The second kappa shape index (κ2) is 10.3. The lowest BCUT2D eigenvalue weighted by Crippen LogP contribution is -2.43. The van der Waals surface area contributed by atoms with E-state index in [2.05, 4.69) is 15.9 Å². The van der Waals surface area contributed by atoms with Gasteiger partial charge in [-0.15, -0.1) is 0 Å². The van der Waals surface area contributed by atoms with Crippen LogP contribution in [0.5, 0.6) is 0 Å². The molecule has 2 aliphatic heterocycles. The van der Waals surface area contributed by atoms with E-state index in [4.69, 9.17) is 13.7 Å². The Balaban J connectivity index is 1.24. The summed E-state index contributed by atoms with van der Waals surface area (Å²) in [5.41, 5.74) is 2.52. The molecule has 2 saturated heterocycles. The quantitative estimate of drug-likeness (QED) is 0.339. The normalized spacial score (nSPS) is 17.9. The van der Waals surface area contributed by atoms with Gasteiger partial charge in [0.05, 0.1) is 31.4 Å². The molecule has 0 radical (unpaired) electrons. The molecule has 2 fully saturated rings. The van der Waals surface area contributed by atoms with Crippen LogP contribution in [0.3, 0.4) is 0 Å². The summed E-state index contributed by atoms with van der Waals surface area (Å²) >= 11 is 0. The van der Waals surface area contributed by atoms with E-state index in [-0.39, 0.29) is 56.4 Å². The maximum absolute atomic E-state index is 15.2. The minimum Gasteiger partial charge on any atom is -0.442 e. The van der Waals surface area contributed by atoms with Crippen LogP contribution in [0.15, 0.2) is 45.5 Å². The second-order valence-corrected chi connectivity index (χ2v) is 8.39. The van der Waals surface area contributed by atoms with Crippen molar-refractivity contribution in [3.63, 3.8) is 0 Å². The molecule has 2 N–H and O–H groups in total. The second-order valence-electron chi connectivity index (χ2n) is 8.39. The highest BCUT2D eigenvalue weighted by Gasteiger charge is 2.34. The van der Waals surface area contributed by atoms with Crippen molar-refractivity contribution in [2.24, 2.45) is 0 Å². The Morgan fingerprint density at radius 2 is 2.00 bits per heavy atom. The van der Waals surface area contributed by atoms with Crippen LogP contribution in [-0.2, 0) is 4.74 Å². The van der Waals surface area contributed by atoms with Gasteiger partial charge in [-0.2, -0.15) is 0 Å². The average Bonchev–Trinajstić information content (AvgIpc) is 3.61. The van der Waals surface area contributed by atoms with Gasteiger partial charge in [-0.1, -0.05) is 5.16 Å². The highest BCUT2D eigenvalue weighted by atomic mass is 19.1. The van der Waals surface area contributed by atoms with Crippen molar-refractivity contribution in [2.45, 2.75) is 6.10 Å². The van der Waals surface area contributed by atoms with Crippen LogP contribution in [0.1, 0.15) is 10.6 Å². The predicted octanol–water partition coefficient (Wildman–Crippen LogP) is 2.36. The first-order valence-electron chi connectivity index (χ1n) is 11.5. The van der Waals surface area contributed by atoms with Gasteiger partial charge in [0.1, 0.15) is 23.0 Å². The van der Waals surface area contributed by atoms with Gasteiger partial charge < -0.3 is 23.9 Å². The van der Waals surface area contributed by atoms with Crippen molar-refractivity contribution in [1.82, 2.24) is 15.6 Å². The number of hydrazine groups is 1. The van der Waals surface area contributed by atoms with Gasteiger partial charge in [0.25, 0.3) is 0 Å². The summed E-state index contributed by atoms with van der Waals surface area (Å²) in [6.45, 7) is 0.643. The summed E-state index contributed by atoms with van der Waals surface area (Å²) in [6, 6.07) is 5.94. The van der Waals surface area contributed by atoms with Gasteiger partial charge in [-0.05, 0) is 6.07 Å². The molecule has 0 saturated carbocycles. The number of cyclic esters (lactones) is 1. The number of halogens is 2. The Morgan fingerprint density at radius 1 is 1.21 bits per heavy atom. The highest BCUT2D eigenvalue weighted by molar-refractivity contribution is 5.91. The van der Waals surface area contributed by atoms with E-state index in [1.54, 1.807) is 6.07 Å². The molecule has 2 aliphatic rings. The van der Waals surface area contributed by atoms with Crippen LogP contribution in [0.4, 0.5) is 36.7 Å². The molecule has 0 unspecified atom stereocenters. The molecule has 2 aromatic heterocycles. The summed E-state index contributed by atoms with van der Waals surface area (Å²) in [6.07, 6.45) is 0.0567. The third kappa shape index (κ3) is 5.06. The first kappa shape index (κ1) is 24.9. The number of carbonyl (C=O) groups is 2. The van der Waals surface area contributed by atoms with Gasteiger partial charge in [-0.3, -0.25) is 24.8 Å². The SMILES string of the molecule is O=C(c1ccc([N+](=O)[O-])o1)N1CCN(c2c(F)cc(N3C[C@H](CNc4ccon4)OC3=O)cc2F)CCN1. The average molecular weight is 533 g/mol. The van der Waals surface area contributed by atoms with Gasteiger partial charge in [-0.25, -0.2) is 19.0 Å². The zero-order valence-electron chi connectivity index (χ0n) is 19.6. The largest absolute Gasteiger partial charge is 0.442 e. The van der Waals surface area contributed by atoms with E-state index in [1.807, 2.05) is 0 Å². The zero-order chi connectivity index (χ0) is 26.8. The van der Waals surface area contributed by atoms with Gasteiger partial charge in [0.15, 0.2) is 17.5 Å². The number of rotatable bonds is 7. The molecule has 38 heavy (non-hydrogen) atoms. The highest BCUT2D eigenvalue weighted by Crippen LogP contribution is 2.31. The number of carbonyl (C=O) groups excluding carboxylic acids is 2. The predicted molar refractivity (Wildman–Crippen MR) is 126 cm³/mol. The molecular weight excluding hydrogens is 512 g/mol. The molecule has 5 rings (SSSR count). The van der Waals surface area contributed by atoms with Crippen molar-refractivity contribution in [3.05, 3.63) is 64.1 Å². The van der Waals surface area contributed by atoms with Crippen molar-refractivity contribution in [1.29, 1.82) is 0 Å². The Morgan fingerprint density at radius 3 is 2.68 bits per heavy atom. The molecule has 200 valence electrons. The van der Waals surface area contributed by atoms with Gasteiger partial charge in [0, 0.05) is 37.8 Å². The monoisotopic (exact) mass is 533 g/mol. The minimum absolute atomic E-state index is 0.00171. The number of nitrogens with one attached hydrogen (secondary N) is 2. The summed E-state index contributed by atoms with van der Waals surface area (Å²) < 4.78 is 45.3. The standard InChI is InChI=1S/C22H21F2N7O7/c23-15-9-13(29-12-14(37-22(29)33)11-25-18-3-8-36-27-18)10-16(24)20(15)28-5-4-26-30(7-6-28)21(32)17-1-2-19(38-17)31(34)35/h1-3,8-10,14,26H,4-7,11-12H2,(H,25,27)/t14-/m0/s1. The number of hydrogen-bond donors (Lipinski definition) is 2. The lowest BCUT2D eigenvalue weighted by Gasteiger charge is -2.25. The zero-order valence-corrected chi connectivity index (χ0v) is 19.6. The molecule has 14 nitrogen and oxygen atoms in total. The summed E-state index contributed by atoms with van der Waals surface area (Å²) in [7, 11) is 0. The lowest BCUT2D eigenvalue weighted by atomic mass is 10.2. The Kier molecular flexibility index (Phi) is 6.78. The molecule has 1 aromatic carbocycles. The fraction of sp³-hybridized carbons (Fsp3) is 0.318. The van der Waals surface area contributed by atoms with Crippen molar-refractivity contribution in [2.75, 3.05) is 54.4 Å². The Labute approximate surface area is 212 Å². The molecule has 1 atom stereocenters. The Bertz CT molecular complexity index is 1330. The van der Waals surface area contributed by atoms with Crippen LogP contribution in [-0.4, -0.2) is 72.5 Å². The van der Waals surface area contributed by atoms with Gasteiger partial charge >= 0.3 is 17.9 Å². The molecule has 0 bridgehead atoms. The van der Waals surface area contributed by atoms with Crippen LogP contribution in [0, 0.1) is 21.7 Å². The number of nitro groups is 1. The molecule has 0 aliphatic carbocycles. The third-order valence-electron chi connectivity index (χ3n) is 5.96. The van der Waals surface area contributed by atoms with Crippen molar-refractivity contribution < 1.29 is 37.0 Å². The number of furan rings is 1. The molecule has 4 heterocycles. The van der Waals surface area contributed by atoms with E-state index in [1.165, 1.54) is 22.2 Å². The van der Waals surface area contributed by atoms with Crippen molar-refractivity contribution >= 4 is 35.1 Å². The third-order valence-corrected chi connectivity index (χ3v) is 5.96. The van der Waals surface area contributed by atoms with Crippen LogP contribution < -0.4 is 20.5 Å². The number of amides is 2. The fourth-order valence-corrected chi connectivity index (χ4v) is 4.17. The summed E-state index contributed by atoms with van der Waals surface area (Å²) in [4.78, 5) is 37.6. The first-order chi connectivity index (χ1) is 18.3. The van der Waals surface area contributed by atoms with E-state index in [9.17, 15) is 19.7 Å². The number of benzene rings is 1. The number of anilines is 3. The molecule has 3 aromatic rings. The van der Waals surface area contributed by atoms with Gasteiger partial charge in [0.2, 0.25) is 5.76 Å². The van der Waals surface area contributed by atoms with Crippen LogP contribution in [0.25, 0.3) is 0 Å². The number of nitrogens with zero attached hydrogens (tertiary/aromatic N) is 5. The van der Waals surface area contributed by atoms with E-state index in [0.29, 0.717) is 5.82 Å². The van der Waals surface area contributed by atoms with E-state index < -0.39 is 40.5 Å². The number of aromatic nitrogens is 1. The fourth-order valence-electron chi connectivity index (χ4n) is 4.17. The van der Waals surface area contributed by atoms with Crippen LogP contribution >= 0.6 is 0 Å². The maximum Gasteiger partial charge on any atom is 0.433 e. The minimum atomic E-state index is -0.890. The molecular formula is C22H21F2N7O7. The van der Waals surface area contributed by atoms with Crippen molar-refractivity contribution in [3.8, 4) is 0 Å². The maximum atomic E-state index is 15.2. The summed E-state index contributed by atoms with van der Waals surface area (Å²) in [5, 5.41) is 18.6. The Hall–Kier alpha value is -4.73. The van der Waals surface area contributed by atoms with E-state index in [0.717, 1.165) is 23.1 Å². The van der Waals surface area contributed by atoms with Crippen LogP contribution in [0.2, 0.25) is 0 Å². The number of ether oxygens (including phenoxy) is 1. The molecule has 16 heteroatoms. The number of hydrogen-bond acceptors (Lipinski definition) is 11. The first-order valence-corrected chi connectivity index (χ1v) is 11.5. The van der Waals surface area contributed by atoms with E-state index >= 15 is 8.78 Å². The smallest absolute Gasteiger partial charge is 0.433 e. The molecule has 0 spiro atoms. The summed E-state index contributed by atoms with van der Waals surface area (Å²) in [5.74, 6) is -2.80. The molecule has 2 amide bonds.